The quantitative estimate of drug-likeness (QED) is 0.732. The SMILES string of the molecule is CCCC[C@H](CC)CNC(=O)c1ccc(NS(C)(=O)=O)cc1. The number of benzene rings is 1. The van der Waals surface area contributed by atoms with E-state index < -0.39 is 10.0 Å². The van der Waals surface area contributed by atoms with Gasteiger partial charge in [0.1, 0.15) is 0 Å². The number of anilines is 1. The molecule has 0 fully saturated rings. The van der Waals surface area contributed by atoms with E-state index in [1.54, 1.807) is 24.3 Å². The normalized spacial score (nSPS) is 12.7. The van der Waals surface area contributed by atoms with Crippen LogP contribution in [0.15, 0.2) is 24.3 Å². The average Bonchev–Trinajstić information content (AvgIpc) is 2.46. The van der Waals surface area contributed by atoms with Crippen LogP contribution in [-0.2, 0) is 10.0 Å². The number of hydrogen-bond donors (Lipinski definition) is 2. The van der Waals surface area contributed by atoms with E-state index in [4.69, 9.17) is 0 Å². The summed E-state index contributed by atoms with van der Waals surface area (Å²) in [6.45, 7) is 4.98. The molecule has 1 amide bonds. The number of unbranched alkanes of at least 4 members (excludes halogenated alkanes) is 1. The molecule has 0 aliphatic carbocycles. The van der Waals surface area contributed by atoms with Crippen LogP contribution in [0.2, 0.25) is 0 Å². The first kappa shape index (κ1) is 18.5. The Labute approximate surface area is 133 Å². The monoisotopic (exact) mass is 326 g/mol. The predicted octanol–water partition coefficient (Wildman–Crippen LogP) is 3.00. The molecule has 0 saturated carbocycles. The molecular formula is C16H26N2O3S. The molecule has 5 nitrogen and oxygen atoms in total. The van der Waals surface area contributed by atoms with Crippen molar-refractivity contribution in [2.75, 3.05) is 17.5 Å². The Morgan fingerprint density at radius 2 is 1.82 bits per heavy atom. The van der Waals surface area contributed by atoms with Gasteiger partial charge in [-0.15, -0.1) is 0 Å². The minimum absolute atomic E-state index is 0.124. The van der Waals surface area contributed by atoms with Gasteiger partial charge >= 0.3 is 0 Å². The standard InChI is InChI=1S/C16H26N2O3S/c1-4-6-7-13(5-2)12-17-16(19)14-8-10-15(11-9-14)18-22(3,20)21/h8-11,13,18H,4-7,12H2,1-3H3,(H,17,19)/t13-/m0/s1. The molecule has 0 heterocycles. The summed E-state index contributed by atoms with van der Waals surface area (Å²) in [5, 5.41) is 2.95. The molecule has 0 aliphatic rings. The van der Waals surface area contributed by atoms with Gasteiger partial charge in [0.2, 0.25) is 10.0 Å². The molecule has 1 aromatic rings. The van der Waals surface area contributed by atoms with Gasteiger partial charge in [-0.3, -0.25) is 9.52 Å². The Bertz CT molecular complexity index is 568. The van der Waals surface area contributed by atoms with Crippen molar-refractivity contribution in [3.63, 3.8) is 0 Å². The Balaban J connectivity index is 2.55. The molecule has 0 spiro atoms. The van der Waals surface area contributed by atoms with Gasteiger partial charge in [-0.25, -0.2) is 8.42 Å². The van der Waals surface area contributed by atoms with Crippen LogP contribution < -0.4 is 10.0 Å². The van der Waals surface area contributed by atoms with E-state index in [1.165, 1.54) is 12.8 Å². The van der Waals surface area contributed by atoms with E-state index in [-0.39, 0.29) is 5.91 Å². The molecule has 1 aromatic carbocycles. The highest BCUT2D eigenvalue weighted by Gasteiger charge is 2.10. The minimum atomic E-state index is -3.29. The van der Waals surface area contributed by atoms with Crippen LogP contribution in [0.5, 0.6) is 0 Å². The zero-order chi connectivity index (χ0) is 16.6. The zero-order valence-corrected chi connectivity index (χ0v) is 14.4. The van der Waals surface area contributed by atoms with Crippen LogP contribution in [0.3, 0.4) is 0 Å². The number of sulfonamides is 1. The molecule has 1 rings (SSSR count). The third kappa shape index (κ3) is 6.93. The molecule has 0 saturated heterocycles. The van der Waals surface area contributed by atoms with E-state index in [0.29, 0.717) is 23.7 Å². The van der Waals surface area contributed by atoms with Crippen molar-refractivity contribution in [3.8, 4) is 0 Å². The lowest BCUT2D eigenvalue weighted by Gasteiger charge is -2.15. The summed E-state index contributed by atoms with van der Waals surface area (Å²) in [6.07, 6.45) is 5.62. The van der Waals surface area contributed by atoms with Gasteiger partial charge in [0.25, 0.3) is 5.91 Å². The Hall–Kier alpha value is -1.56. The maximum atomic E-state index is 12.1. The van der Waals surface area contributed by atoms with Crippen LogP contribution in [0.1, 0.15) is 49.9 Å². The smallest absolute Gasteiger partial charge is 0.251 e. The lowest BCUT2D eigenvalue weighted by atomic mass is 9.99. The molecule has 0 aromatic heterocycles. The van der Waals surface area contributed by atoms with Gasteiger partial charge in [-0.05, 0) is 36.6 Å². The van der Waals surface area contributed by atoms with Gasteiger partial charge < -0.3 is 5.32 Å². The zero-order valence-electron chi connectivity index (χ0n) is 13.6. The number of nitrogens with one attached hydrogen (secondary N) is 2. The molecule has 0 radical (unpaired) electrons. The summed E-state index contributed by atoms with van der Waals surface area (Å²) < 4.78 is 24.6. The van der Waals surface area contributed by atoms with Crippen molar-refractivity contribution >= 4 is 21.6 Å². The fraction of sp³-hybridized carbons (Fsp3) is 0.562. The van der Waals surface area contributed by atoms with Crippen LogP contribution in [0.4, 0.5) is 5.69 Å². The summed E-state index contributed by atoms with van der Waals surface area (Å²) in [5.41, 5.74) is 0.984. The first-order valence-corrected chi connectivity index (χ1v) is 9.61. The minimum Gasteiger partial charge on any atom is -0.352 e. The average molecular weight is 326 g/mol. The molecule has 124 valence electrons. The molecule has 0 bridgehead atoms. The highest BCUT2D eigenvalue weighted by atomic mass is 32.2. The lowest BCUT2D eigenvalue weighted by Crippen LogP contribution is -2.29. The lowest BCUT2D eigenvalue weighted by molar-refractivity contribution is 0.0946. The second-order valence-corrected chi connectivity index (χ2v) is 7.33. The maximum absolute atomic E-state index is 12.1. The molecule has 6 heteroatoms. The number of amides is 1. The van der Waals surface area contributed by atoms with Gasteiger partial charge in [0.15, 0.2) is 0 Å². The third-order valence-corrected chi connectivity index (χ3v) is 4.15. The number of hydrogen-bond acceptors (Lipinski definition) is 3. The van der Waals surface area contributed by atoms with Crippen molar-refractivity contribution in [2.24, 2.45) is 5.92 Å². The van der Waals surface area contributed by atoms with Gasteiger partial charge in [0.05, 0.1) is 6.26 Å². The second kappa shape index (κ2) is 8.78. The van der Waals surface area contributed by atoms with Crippen molar-refractivity contribution in [1.82, 2.24) is 5.32 Å². The summed E-state index contributed by atoms with van der Waals surface area (Å²) in [4.78, 5) is 12.1. The van der Waals surface area contributed by atoms with Crippen molar-refractivity contribution in [3.05, 3.63) is 29.8 Å². The second-order valence-electron chi connectivity index (χ2n) is 5.58. The van der Waals surface area contributed by atoms with E-state index in [2.05, 4.69) is 23.9 Å². The summed E-state index contributed by atoms with van der Waals surface area (Å²) >= 11 is 0. The maximum Gasteiger partial charge on any atom is 0.251 e. The Morgan fingerprint density at radius 1 is 1.18 bits per heavy atom. The highest BCUT2D eigenvalue weighted by Crippen LogP contribution is 2.13. The molecule has 1 atom stereocenters. The summed E-state index contributed by atoms with van der Waals surface area (Å²) in [7, 11) is -3.29. The summed E-state index contributed by atoms with van der Waals surface area (Å²) in [6, 6.07) is 6.42. The van der Waals surface area contributed by atoms with Crippen molar-refractivity contribution in [1.29, 1.82) is 0 Å². The van der Waals surface area contributed by atoms with E-state index in [0.717, 1.165) is 19.1 Å². The molecule has 22 heavy (non-hydrogen) atoms. The first-order valence-electron chi connectivity index (χ1n) is 7.71. The van der Waals surface area contributed by atoms with Gasteiger partial charge in [-0.1, -0.05) is 33.1 Å². The third-order valence-electron chi connectivity index (χ3n) is 3.54. The molecule has 0 unspecified atom stereocenters. The van der Waals surface area contributed by atoms with Gasteiger partial charge in [-0.2, -0.15) is 0 Å². The number of carbonyl (C=O) groups is 1. The number of rotatable bonds is 9. The van der Waals surface area contributed by atoms with Crippen LogP contribution in [-0.4, -0.2) is 27.1 Å². The topological polar surface area (TPSA) is 75.3 Å². The van der Waals surface area contributed by atoms with E-state index in [1.807, 2.05) is 0 Å². The number of carbonyl (C=O) groups excluding carboxylic acids is 1. The first-order chi connectivity index (χ1) is 10.4. The molecule has 0 aliphatic heterocycles. The van der Waals surface area contributed by atoms with E-state index in [9.17, 15) is 13.2 Å². The van der Waals surface area contributed by atoms with Gasteiger partial charge in [0, 0.05) is 17.8 Å². The molecule has 2 N–H and O–H groups in total. The van der Waals surface area contributed by atoms with Crippen LogP contribution in [0.25, 0.3) is 0 Å². The van der Waals surface area contributed by atoms with Crippen LogP contribution in [0, 0.1) is 5.92 Å². The van der Waals surface area contributed by atoms with Crippen molar-refractivity contribution in [2.45, 2.75) is 39.5 Å². The predicted molar refractivity (Wildman–Crippen MR) is 90.5 cm³/mol. The van der Waals surface area contributed by atoms with Crippen LogP contribution >= 0.6 is 0 Å². The highest BCUT2D eigenvalue weighted by molar-refractivity contribution is 7.92. The van der Waals surface area contributed by atoms with Crippen molar-refractivity contribution < 1.29 is 13.2 Å². The largest absolute Gasteiger partial charge is 0.352 e. The fourth-order valence-corrected chi connectivity index (χ4v) is 2.75. The Morgan fingerprint density at radius 3 is 2.32 bits per heavy atom. The fourth-order valence-electron chi connectivity index (χ4n) is 2.19. The van der Waals surface area contributed by atoms with E-state index >= 15 is 0 Å². The molecular weight excluding hydrogens is 300 g/mol. The summed E-state index contributed by atoms with van der Waals surface area (Å²) in [5.74, 6) is 0.385. The Kier molecular flexibility index (Phi) is 7.38.